The van der Waals surface area contributed by atoms with Crippen molar-refractivity contribution in [2.24, 2.45) is 10.2 Å². The van der Waals surface area contributed by atoms with E-state index in [-0.39, 0.29) is 17.0 Å². The van der Waals surface area contributed by atoms with E-state index in [1.54, 1.807) is 12.1 Å². The lowest BCUT2D eigenvalue weighted by atomic mass is 10.1. The lowest BCUT2D eigenvalue weighted by molar-refractivity contribution is -0.110. The zero-order valence-electron chi connectivity index (χ0n) is 8.75. The molecule has 0 saturated heterocycles. The largest absolute Gasteiger partial charge is 0.478 e. The molecule has 0 spiro atoms. The van der Waals surface area contributed by atoms with E-state index >= 15 is 0 Å². The van der Waals surface area contributed by atoms with Crippen molar-refractivity contribution in [1.82, 2.24) is 0 Å². The van der Waals surface area contributed by atoms with E-state index in [1.165, 1.54) is 18.3 Å². The highest BCUT2D eigenvalue weighted by molar-refractivity contribution is 6.45. The van der Waals surface area contributed by atoms with Crippen LogP contribution in [-0.2, 0) is 4.79 Å². The van der Waals surface area contributed by atoms with E-state index in [9.17, 15) is 9.59 Å². The lowest BCUT2D eigenvalue weighted by Crippen LogP contribution is -2.22. The summed E-state index contributed by atoms with van der Waals surface area (Å²) in [6.45, 7) is 0. The Balaban J connectivity index is 2.18. The fourth-order valence-corrected chi connectivity index (χ4v) is 1.39. The number of anilines is 1. The highest BCUT2D eigenvalue weighted by Gasteiger charge is 2.16. The number of para-hydroxylation sites is 1. The van der Waals surface area contributed by atoms with E-state index in [0.717, 1.165) is 0 Å². The summed E-state index contributed by atoms with van der Waals surface area (Å²) in [7, 11) is 0. The number of hydrogen-bond donors (Lipinski definition) is 2. The molecule has 1 aromatic rings. The zero-order valence-corrected chi connectivity index (χ0v) is 8.75. The Kier molecular flexibility index (Phi) is 2.95. The number of nitrogens with zero attached hydrogens (tertiary/aromatic N) is 2. The molecule has 0 unspecified atom stereocenters. The van der Waals surface area contributed by atoms with Crippen LogP contribution in [0.1, 0.15) is 16.8 Å². The van der Waals surface area contributed by atoms with Crippen molar-refractivity contribution in [2.75, 3.05) is 5.32 Å². The van der Waals surface area contributed by atoms with E-state index in [2.05, 4.69) is 15.5 Å². The van der Waals surface area contributed by atoms with Crippen molar-refractivity contribution in [3.8, 4) is 0 Å². The Hall–Kier alpha value is -2.50. The number of carboxylic acids is 1. The van der Waals surface area contributed by atoms with Gasteiger partial charge in [-0.15, -0.1) is 5.10 Å². The number of carboxylic acid groups (broad SMARTS) is 1. The Labute approximate surface area is 96.7 Å². The Morgan fingerprint density at radius 3 is 2.71 bits per heavy atom. The van der Waals surface area contributed by atoms with Crippen molar-refractivity contribution < 1.29 is 14.7 Å². The molecule has 1 heterocycles. The Morgan fingerprint density at radius 1 is 1.29 bits per heavy atom. The number of benzene rings is 1. The van der Waals surface area contributed by atoms with Crippen molar-refractivity contribution in [3.63, 3.8) is 0 Å². The van der Waals surface area contributed by atoms with Gasteiger partial charge in [0.1, 0.15) is 5.71 Å². The van der Waals surface area contributed by atoms with E-state index in [1.807, 2.05) is 0 Å². The first-order chi connectivity index (χ1) is 8.18. The van der Waals surface area contributed by atoms with Crippen molar-refractivity contribution >= 4 is 29.5 Å². The molecule has 2 N–H and O–H groups in total. The predicted octanol–water partition coefficient (Wildman–Crippen LogP) is 1.15. The van der Waals surface area contributed by atoms with Crippen LogP contribution in [0.5, 0.6) is 0 Å². The third kappa shape index (κ3) is 2.36. The maximum atomic E-state index is 11.7. The second-order valence-electron chi connectivity index (χ2n) is 3.35. The molecule has 0 bridgehead atoms. The number of carbonyl (C=O) groups is 2. The first-order valence-electron chi connectivity index (χ1n) is 4.90. The second kappa shape index (κ2) is 4.56. The molecule has 1 aliphatic rings. The summed E-state index contributed by atoms with van der Waals surface area (Å²) in [6, 6.07) is 6.19. The van der Waals surface area contributed by atoms with Gasteiger partial charge in [0.15, 0.2) is 0 Å². The maximum Gasteiger partial charge on any atom is 0.337 e. The minimum Gasteiger partial charge on any atom is -0.478 e. The SMILES string of the molecule is O=C(Nc1ccccc1C(=O)O)C1=NN=CC1. The molecule has 17 heavy (non-hydrogen) atoms. The molecule has 6 nitrogen and oxygen atoms in total. The minimum absolute atomic E-state index is 0.0420. The summed E-state index contributed by atoms with van der Waals surface area (Å²) in [4.78, 5) is 22.6. The number of carbonyl (C=O) groups excluding carboxylic acids is 1. The summed E-state index contributed by atoms with van der Waals surface area (Å²) < 4.78 is 0. The van der Waals surface area contributed by atoms with E-state index < -0.39 is 11.9 Å². The topological polar surface area (TPSA) is 91.1 Å². The molecule has 1 amide bonds. The molecule has 2 rings (SSSR count). The van der Waals surface area contributed by atoms with E-state index in [0.29, 0.717) is 6.42 Å². The maximum absolute atomic E-state index is 11.7. The molecule has 0 fully saturated rings. The lowest BCUT2D eigenvalue weighted by Gasteiger charge is -2.07. The van der Waals surface area contributed by atoms with Crippen LogP contribution in [0, 0.1) is 0 Å². The smallest absolute Gasteiger partial charge is 0.337 e. The van der Waals surface area contributed by atoms with Crippen molar-refractivity contribution in [1.29, 1.82) is 0 Å². The van der Waals surface area contributed by atoms with Crippen molar-refractivity contribution in [3.05, 3.63) is 29.8 Å². The molecule has 1 aromatic carbocycles. The van der Waals surface area contributed by atoms with Crippen molar-refractivity contribution in [2.45, 2.75) is 6.42 Å². The quantitative estimate of drug-likeness (QED) is 0.817. The standard InChI is InChI=1S/C11H9N3O3/c15-10(9-5-6-12-14-9)13-8-4-2-1-3-7(8)11(16)17/h1-4,6H,5H2,(H,13,15)(H,16,17). The predicted molar refractivity (Wildman–Crippen MR) is 62.6 cm³/mol. The second-order valence-corrected chi connectivity index (χ2v) is 3.35. The molecule has 0 atom stereocenters. The third-order valence-corrected chi connectivity index (χ3v) is 2.21. The van der Waals surface area contributed by atoms with Gasteiger partial charge in [-0.3, -0.25) is 4.79 Å². The molecule has 0 aliphatic carbocycles. The van der Waals surface area contributed by atoms with Gasteiger partial charge in [0.25, 0.3) is 5.91 Å². The molecule has 86 valence electrons. The van der Waals surface area contributed by atoms with Gasteiger partial charge in [-0.1, -0.05) is 12.1 Å². The number of hydrogen-bond acceptors (Lipinski definition) is 4. The van der Waals surface area contributed by atoms with Gasteiger partial charge in [0.05, 0.1) is 11.3 Å². The van der Waals surface area contributed by atoms with Gasteiger partial charge < -0.3 is 10.4 Å². The van der Waals surface area contributed by atoms with Crippen LogP contribution in [0.25, 0.3) is 0 Å². The first-order valence-corrected chi connectivity index (χ1v) is 4.90. The Morgan fingerprint density at radius 2 is 2.06 bits per heavy atom. The van der Waals surface area contributed by atoms with Gasteiger partial charge >= 0.3 is 5.97 Å². The van der Waals surface area contributed by atoms with Gasteiger partial charge in [0, 0.05) is 12.6 Å². The van der Waals surface area contributed by atoms with Gasteiger partial charge in [-0.25, -0.2) is 4.79 Å². The molecule has 0 saturated carbocycles. The van der Waals surface area contributed by atoms with Crippen LogP contribution in [0.15, 0.2) is 34.5 Å². The average molecular weight is 231 g/mol. The summed E-state index contributed by atoms with van der Waals surface area (Å²) >= 11 is 0. The molecular weight excluding hydrogens is 222 g/mol. The first kappa shape index (κ1) is 11.0. The highest BCUT2D eigenvalue weighted by Crippen LogP contribution is 2.15. The minimum atomic E-state index is -1.09. The van der Waals surface area contributed by atoms with Crippen LogP contribution in [0.2, 0.25) is 0 Å². The molecule has 0 aromatic heterocycles. The highest BCUT2D eigenvalue weighted by atomic mass is 16.4. The normalized spacial score (nSPS) is 13.3. The summed E-state index contributed by atoms with van der Waals surface area (Å²) in [5, 5.41) is 18.6. The third-order valence-electron chi connectivity index (χ3n) is 2.21. The van der Waals surface area contributed by atoms with Crippen LogP contribution >= 0.6 is 0 Å². The van der Waals surface area contributed by atoms with Crippen LogP contribution in [0.4, 0.5) is 5.69 Å². The number of amides is 1. The van der Waals surface area contributed by atoms with Crippen LogP contribution in [-0.4, -0.2) is 28.9 Å². The molecular formula is C11H9N3O3. The van der Waals surface area contributed by atoms with Gasteiger partial charge in [0.2, 0.25) is 0 Å². The fourth-order valence-electron chi connectivity index (χ4n) is 1.39. The molecule has 1 aliphatic heterocycles. The number of rotatable bonds is 3. The monoisotopic (exact) mass is 231 g/mol. The zero-order chi connectivity index (χ0) is 12.3. The average Bonchev–Trinajstić information content (AvgIpc) is 2.83. The number of aromatic carboxylic acids is 1. The van der Waals surface area contributed by atoms with E-state index in [4.69, 9.17) is 5.11 Å². The number of nitrogens with one attached hydrogen (secondary N) is 1. The molecule has 6 heteroatoms. The van der Waals surface area contributed by atoms with Crippen LogP contribution < -0.4 is 5.32 Å². The summed E-state index contributed by atoms with van der Waals surface area (Å²) in [6.07, 6.45) is 1.87. The van der Waals surface area contributed by atoms with Crippen LogP contribution in [0.3, 0.4) is 0 Å². The fraction of sp³-hybridized carbons (Fsp3) is 0.0909. The summed E-state index contributed by atoms with van der Waals surface area (Å²) in [5.74, 6) is -1.53. The summed E-state index contributed by atoms with van der Waals surface area (Å²) in [5.41, 5.74) is 0.560. The molecule has 0 radical (unpaired) electrons. The van der Waals surface area contributed by atoms with Gasteiger partial charge in [-0.2, -0.15) is 5.10 Å². The Bertz CT molecular complexity index is 535. The van der Waals surface area contributed by atoms with Gasteiger partial charge in [-0.05, 0) is 12.1 Å².